The molecule has 0 heterocycles. The van der Waals surface area contributed by atoms with Crippen molar-refractivity contribution in [3.05, 3.63) is 29.8 Å². The smallest absolute Gasteiger partial charge is 0.317 e. The lowest BCUT2D eigenvalue weighted by Gasteiger charge is -2.24. The first-order chi connectivity index (χ1) is 10.5. The number of urea groups is 1. The summed E-state index contributed by atoms with van der Waals surface area (Å²) < 4.78 is 5.48. The monoisotopic (exact) mass is 306 g/mol. The van der Waals surface area contributed by atoms with E-state index in [0.29, 0.717) is 19.1 Å². The predicted molar refractivity (Wildman–Crippen MR) is 85.9 cm³/mol. The number of ether oxygens (including phenoxy) is 1. The molecule has 0 bridgehead atoms. The van der Waals surface area contributed by atoms with Crippen molar-refractivity contribution in [1.82, 2.24) is 10.2 Å². The Hall–Kier alpha value is -1.75. The van der Waals surface area contributed by atoms with Crippen LogP contribution in [-0.4, -0.2) is 42.3 Å². The van der Waals surface area contributed by atoms with Crippen molar-refractivity contribution in [2.45, 2.75) is 38.8 Å². The van der Waals surface area contributed by atoms with Gasteiger partial charge in [0.25, 0.3) is 0 Å². The van der Waals surface area contributed by atoms with E-state index >= 15 is 0 Å². The summed E-state index contributed by atoms with van der Waals surface area (Å²) in [7, 11) is 1.71. The molecule has 2 N–H and O–H groups in total. The fourth-order valence-corrected chi connectivity index (χ4v) is 2.41. The van der Waals surface area contributed by atoms with Gasteiger partial charge in [-0.15, -0.1) is 0 Å². The van der Waals surface area contributed by atoms with Gasteiger partial charge in [0, 0.05) is 13.6 Å². The van der Waals surface area contributed by atoms with Crippen LogP contribution in [0.4, 0.5) is 4.79 Å². The molecule has 22 heavy (non-hydrogen) atoms. The number of carbonyl (C=O) groups excluding carboxylic acids is 1. The molecule has 1 saturated carbocycles. The van der Waals surface area contributed by atoms with Gasteiger partial charge in [0.2, 0.25) is 0 Å². The van der Waals surface area contributed by atoms with E-state index < -0.39 is 6.10 Å². The molecule has 0 radical (unpaired) electrons. The highest BCUT2D eigenvalue weighted by Crippen LogP contribution is 2.32. The lowest BCUT2D eigenvalue weighted by Crippen LogP contribution is -2.42. The maximum absolute atomic E-state index is 12.2. The van der Waals surface area contributed by atoms with Gasteiger partial charge in [-0.25, -0.2) is 4.79 Å². The summed E-state index contributed by atoms with van der Waals surface area (Å²) in [6.07, 6.45) is 1.72. The average Bonchev–Trinajstić information content (AvgIpc) is 3.32. The predicted octanol–water partition coefficient (Wildman–Crippen LogP) is 2.56. The zero-order valence-electron chi connectivity index (χ0n) is 13.6. The lowest BCUT2D eigenvalue weighted by molar-refractivity contribution is 0.113. The van der Waals surface area contributed by atoms with Gasteiger partial charge in [-0.2, -0.15) is 0 Å². The average molecular weight is 306 g/mol. The summed E-state index contributed by atoms with van der Waals surface area (Å²) in [4.78, 5) is 13.7. The van der Waals surface area contributed by atoms with Crippen LogP contribution in [0.1, 0.15) is 38.3 Å². The van der Waals surface area contributed by atoms with E-state index in [-0.39, 0.29) is 12.1 Å². The largest absolute Gasteiger partial charge is 0.494 e. The molecule has 2 rings (SSSR count). The highest BCUT2D eigenvalue weighted by atomic mass is 16.5. The minimum atomic E-state index is -0.410. The van der Waals surface area contributed by atoms with Gasteiger partial charge in [-0.3, -0.25) is 0 Å². The maximum atomic E-state index is 12.2. The second-order valence-electron chi connectivity index (χ2n) is 5.96. The van der Waals surface area contributed by atoms with E-state index in [9.17, 15) is 9.90 Å². The zero-order chi connectivity index (χ0) is 16.1. The number of nitrogens with zero attached hydrogens (tertiary/aromatic N) is 1. The number of aliphatic hydroxyl groups is 1. The van der Waals surface area contributed by atoms with Gasteiger partial charge in [-0.1, -0.05) is 12.1 Å². The molecule has 0 aromatic heterocycles. The number of carbonyl (C=O) groups is 1. The zero-order valence-corrected chi connectivity index (χ0v) is 13.6. The van der Waals surface area contributed by atoms with Gasteiger partial charge in [0.1, 0.15) is 5.75 Å². The Morgan fingerprint density at radius 3 is 2.86 bits per heavy atom. The maximum Gasteiger partial charge on any atom is 0.317 e. The Labute approximate surface area is 132 Å². The van der Waals surface area contributed by atoms with E-state index in [4.69, 9.17) is 4.74 Å². The molecular weight excluding hydrogens is 280 g/mol. The van der Waals surface area contributed by atoms with Crippen LogP contribution < -0.4 is 10.1 Å². The van der Waals surface area contributed by atoms with Gasteiger partial charge < -0.3 is 20.1 Å². The highest BCUT2D eigenvalue weighted by molar-refractivity contribution is 5.74. The van der Waals surface area contributed by atoms with Crippen LogP contribution in [0.2, 0.25) is 0 Å². The number of benzene rings is 1. The molecule has 5 heteroatoms. The highest BCUT2D eigenvalue weighted by Gasteiger charge is 2.31. The van der Waals surface area contributed by atoms with E-state index in [1.807, 2.05) is 38.1 Å². The van der Waals surface area contributed by atoms with Crippen LogP contribution in [-0.2, 0) is 0 Å². The van der Waals surface area contributed by atoms with E-state index in [1.165, 1.54) is 0 Å². The van der Waals surface area contributed by atoms with Crippen molar-refractivity contribution >= 4 is 6.03 Å². The SMILES string of the molecule is CCOc1cccc(C(C)NC(=O)N(C)CC(O)C2CC2)c1. The molecule has 1 aromatic carbocycles. The molecule has 2 amide bonds. The Morgan fingerprint density at radius 2 is 2.23 bits per heavy atom. The number of likely N-dealkylation sites (N-methyl/N-ethyl adjacent to an activating group) is 1. The van der Waals surface area contributed by atoms with E-state index in [0.717, 1.165) is 24.2 Å². The standard InChI is InChI=1S/C17H26N2O3/c1-4-22-15-7-5-6-14(10-15)12(2)18-17(21)19(3)11-16(20)13-8-9-13/h5-7,10,12-13,16,20H,4,8-9,11H2,1-3H3,(H,18,21). The topological polar surface area (TPSA) is 61.8 Å². The molecule has 0 spiro atoms. The third-order valence-electron chi connectivity index (χ3n) is 3.98. The van der Waals surface area contributed by atoms with Gasteiger partial charge in [0.15, 0.2) is 0 Å². The molecule has 0 saturated heterocycles. The van der Waals surface area contributed by atoms with Crippen molar-refractivity contribution in [3.63, 3.8) is 0 Å². The first-order valence-electron chi connectivity index (χ1n) is 7.93. The lowest BCUT2D eigenvalue weighted by atomic mass is 10.1. The van der Waals surface area contributed by atoms with Gasteiger partial charge in [0.05, 0.1) is 18.8 Å². The third-order valence-corrected chi connectivity index (χ3v) is 3.98. The molecule has 0 aliphatic heterocycles. The summed E-state index contributed by atoms with van der Waals surface area (Å²) in [5.74, 6) is 1.18. The van der Waals surface area contributed by atoms with Gasteiger partial charge >= 0.3 is 6.03 Å². The Bertz CT molecular complexity index is 502. The van der Waals surface area contributed by atoms with Crippen molar-refractivity contribution in [1.29, 1.82) is 0 Å². The summed E-state index contributed by atoms with van der Waals surface area (Å²) in [5, 5.41) is 12.9. The molecule has 122 valence electrons. The quantitative estimate of drug-likeness (QED) is 0.814. The number of nitrogens with one attached hydrogen (secondary N) is 1. The second-order valence-corrected chi connectivity index (χ2v) is 5.96. The molecule has 1 aromatic rings. The van der Waals surface area contributed by atoms with Gasteiger partial charge in [-0.05, 0) is 50.3 Å². The molecule has 2 unspecified atom stereocenters. The van der Waals surface area contributed by atoms with Crippen molar-refractivity contribution in [2.75, 3.05) is 20.2 Å². The number of amides is 2. The van der Waals surface area contributed by atoms with Crippen molar-refractivity contribution < 1.29 is 14.6 Å². The third kappa shape index (κ3) is 4.63. The van der Waals surface area contributed by atoms with Crippen LogP contribution >= 0.6 is 0 Å². The number of hydrogen-bond donors (Lipinski definition) is 2. The van der Waals surface area contributed by atoms with Crippen LogP contribution in [0.15, 0.2) is 24.3 Å². The number of rotatable bonds is 7. The van der Waals surface area contributed by atoms with Crippen molar-refractivity contribution in [2.24, 2.45) is 5.92 Å². The number of aliphatic hydroxyl groups excluding tert-OH is 1. The Kier molecular flexibility index (Phi) is 5.66. The fraction of sp³-hybridized carbons (Fsp3) is 0.588. The minimum Gasteiger partial charge on any atom is -0.494 e. The molecule has 1 aliphatic rings. The van der Waals surface area contributed by atoms with E-state index in [2.05, 4.69) is 5.32 Å². The van der Waals surface area contributed by atoms with Crippen molar-refractivity contribution in [3.8, 4) is 5.75 Å². The first kappa shape index (κ1) is 16.6. The summed E-state index contributed by atoms with van der Waals surface area (Å²) in [6.45, 7) is 4.88. The van der Waals surface area contributed by atoms with Crippen LogP contribution in [0.5, 0.6) is 5.75 Å². The Balaban J connectivity index is 1.88. The molecule has 2 atom stereocenters. The molecular formula is C17H26N2O3. The number of hydrogen-bond acceptors (Lipinski definition) is 3. The van der Waals surface area contributed by atoms with E-state index in [1.54, 1.807) is 11.9 Å². The summed E-state index contributed by atoms with van der Waals surface area (Å²) in [5.41, 5.74) is 0.996. The first-order valence-corrected chi connectivity index (χ1v) is 7.93. The second kappa shape index (κ2) is 7.49. The summed E-state index contributed by atoms with van der Waals surface area (Å²) >= 11 is 0. The minimum absolute atomic E-state index is 0.117. The van der Waals surface area contributed by atoms with Crippen LogP contribution in [0.3, 0.4) is 0 Å². The normalized spacial score (nSPS) is 16.7. The molecule has 1 aliphatic carbocycles. The summed E-state index contributed by atoms with van der Waals surface area (Å²) in [6, 6.07) is 7.44. The van der Waals surface area contributed by atoms with Crippen LogP contribution in [0, 0.1) is 5.92 Å². The fourth-order valence-electron chi connectivity index (χ4n) is 2.41. The molecule has 1 fully saturated rings. The Morgan fingerprint density at radius 1 is 1.50 bits per heavy atom. The van der Waals surface area contributed by atoms with Crippen LogP contribution in [0.25, 0.3) is 0 Å². The molecule has 5 nitrogen and oxygen atoms in total.